The minimum atomic E-state index is -0.756. The fourth-order valence-corrected chi connectivity index (χ4v) is 4.39. The Labute approximate surface area is 175 Å². The quantitative estimate of drug-likeness (QED) is 0.507. The number of carboxylic acids is 1. The molecule has 4 heterocycles. The number of carboxylic acid groups (broad SMARTS) is 1. The maximum absolute atomic E-state index is 11.4. The van der Waals surface area contributed by atoms with Crippen molar-refractivity contribution in [2.45, 2.75) is 13.3 Å². The van der Waals surface area contributed by atoms with Crippen molar-refractivity contribution in [3.8, 4) is 11.1 Å². The summed E-state index contributed by atoms with van der Waals surface area (Å²) in [5.41, 5.74) is 4.44. The number of aromatic nitrogens is 4. The van der Waals surface area contributed by atoms with Gasteiger partial charge in [0, 0.05) is 35.8 Å². The molecule has 1 aliphatic heterocycles. The Balaban J connectivity index is 1.64. The highest BCUT2D eigenvalue weighted by atomic mass is 79.9. The topological polar surface area (TPSA) is 83.6 Å². The highest BCUT2D eigenvalue weighted by Gasteiger charge is 2.31. The van der Waals surface area contributed by atoms with Crippen molar-refractivity contribution >= 4 is 44.3 Å². The van der Waals surface area contributed by atoms with Crippen LogP contribution in [0, 0.1) is 12.8 Å². The second kappa shape index (κ2) is 6.81. The largest absolute Gasteiger partial charge is 0.481 e. The van der Waals surface area contributed by atoms with Crippen LogP contribution in [0.3, 0.4) is 0 Å². The molecule has 8 heteroatoms. The van der Waals surface area contributed by atoms with Gasteiger partial charge in [-0.15, -0.1) is 0 Å². The van der Waals surface area contributed by atoms with Gasteiger partial charge in [0.15, 0.2) is 5.65 Å². The number of fused-ring (bicyclic) bond motifs is 2. The summed E-state index contributed by atoms with van der Waals surface area (Å²) < 4.78 is 2.64. The zero-order chi connectivity index (χ0) is 20.1. The van der Waals surface area contributed by atoms with Gasteiger partial charge in [-0.05, 0) is 41.4 Å². The number of aryl methyl sites for hydroxylation is 1. The molecule has 0 radical (unpaired) electrons. The van der Waals surface area contributed by atoms with Crippen LogP contribution >= 0.6 is 15.9 Å². The number of halogens is 1. The van der Waals surface area contributed by atoms with Crippen molar-refractivity contribution in [2.24, 2.45) is 5.92 Å². The SMILES string of the molecule is Cc1c(Br)c(N2CCC(C(=O)O)C2)nc2c(-c3cnc4ccccc4c3)cnn12. The average molecular weight is 452 g/mol. The van der Waals surface area contributed by atoms with Gasteiger partial charge in [0.25, 0.3) is 0 Å². The standard InChI is InChI=1S/C21H18BrN5O2/c1-12-18(22)20(26-7-6-14(11-26)21(28)29)25-19-16(10-24-27(12)19)15-8-13-4-2-3-5-17(13)23-9-15/h2-5,8-10,14H,6-7,11H2,1H3,(H,28,29). The van der Waals surface area contributed by atoms with E-state index < -0.39 is 5.97 Å². The predicted octanol–water partition coefficient (Wildman–Crippen LogP) is 3.93. The lowest BCUT2D eigenvalue weighted by atomic mass is 10.1. The molecule has 0 saturated carbocycles. The van der Waals surface area contributed by atoms with E-state index in [1.54, 1.807) is 6.20 Å². The predicted molar refractivity (Wildman–Crippen MR) is 114 cm³/mol. The molecule has 1 aromatic carbocycles. The fourth-order valence-electron chi connectivity index (χ4n) is 3.88. The number of pyridine rings is 1. The molecule has 7 nitrogen and oxygen atoms in total. The molecule has 29 heavy (non-hydrogen) atoms. The number of benzene rings is 1. The minimum absolute atomic E-state index is 0.366. The van der Waals surface area contributed by atoms with E-state index >= 15 is 0 Å². The third-order valence-electron chi connectivity index (χ3n) is 5.53. The minimum Gasteiger partial charge on any atom is -0.481 e. The molecule has 1 unspecified atom stereocenters. The van der Waals surface area contributed by atoms with E-state index in [0.717, 1.165) is 43.7 Å². The normalized spacial score (nSPS) is 16.8. The monoisotopic (exact) mass is 451 g/mol. The van der Waals surface area contributed by atoms with E-state index in [9.17, 15) is 9.90 Å². The number of aliphatic carboxylic acids is 1. The Morgan fingerprint density at radius 3 is 2.90 bits per heavy atom. The zero-order valence-corrected chi connectivity index (χ0v) is 17.3. The Hall–Kier alpha value is -3.00. The van der Waals surface area contributed by atoms with Gasteiger partial charge in [0.05, 0.1) is 27.8 Å². The average Bonchev–Trinajstić information content (AvgIpc) is 3.38. The molecule has 1 saturated heterocycles. The smallest absolute Gasteiger partial charge is 0.308 e. The van der Waals surface area contributed by atoms with Gasteiger partial charge in [0.2, 0.25) is 0 Å². The molecule has 5 rings (SSSR count). The van der Waals surface area contributed by atoms with Gasteiger partial charge >= 0.3 is 5.97 Å². The molecule has 4 aromatic rings. The van der Waals surface area contributed by atoms with Gasteiger partial charge in [0.1, 0.15) is 5.82 Å². The third-order valence-corrected chi connectivity index (χ3v) is 6.45. The summed E-state index contributed by atoms with van der Waals surface area (Å²) in [6.07, 6.45) is 4.27. The van der Waals surface area contributed by atoms with Gasteiger partial charge in [-0.2, -0.15) is 5.10 Å². The molecule has 3 aromatic heterocycles. The molecule has 0 bridgehead atoms. The summed E-state index contributed by atoms with van der Waals surface area (Å²) in [6.45, 7) is 3.10. The lowest BCUT2D eigenvalue weighted by molar-refractivity contribution is -0.140. The van der Waals surface area contributed by atoms with Crippen LogP contribution in [0.5, 0.6) is 0 Å². The van der Waals surface area contributed by atoms with Crippen LogP contribution in [-0.4, -0.2) is 43.7 Å². The van der Waals surface area contributed by atoms with Crippen molar-refractivity contribution < 1.29 is 9.90 Å². The van der Waals surface area contributed by atoms with Gasteiger partial charge in [-0.3, -0.25) is 9.78 Å². The third kappa shape index (κ3) is 2.95. The van der Waals surface area contributed by atoms with E-state index in [2.05, 4.69) is 32.1 Å². The van der Waals surface area contributed by atoms with E-state index in [0.29, 0.717) is 19.5 Å². The number of nitrogens with zero attached hydrogens (tertiary/aromatic N) is 5. The molecule has 1 N–H and O–H groups in total. The Morgan fingerprint density at radius 2 is 2.10 bits per heavy atom. The van der Waals surface area contributed by atoms with Crippen molar-refractivity contribution in [3.63, 3.8) is 0 Å². The van der Waals surface area contributed by atoms with Crippen molar-refractivity contribution in [3.05, 3.63) is 52.9 Å². The summed E-state index contributed by atoms with van der Waals surface area (Å²) >= 11 is 3.64. The molecule has 0 spiro atoms. The fraction of sp³-hybridized carbons (Fsp3) is 0.238. The molecule has 0 amide bonds. The summed E-state index contributed by atoms with van der Waals surface area (Å²) in [5.74, 6) is -0.364. The maximum Gasteiger partial charge on any atom is 0.308 e. The van der Waals surface area contributed by atoms with E-state index in [-0.39, 0.29) is 5.92 Å². The van der Waals surface area contributed by atoms with E-state index in [1.807, 2.05) is 46.8 Å². The summed E-state index contributed by atoms with van der Waals surface area (Å²) in [5, 5.41) is 14.9. The lowest BCUT2D eigenvalue weighted by Gasteiger charge is -2.20. The molecule has 1 fully saturated rings. The second-order valence-electron chi connectivity index (χ2n) is 7.32. The number of carbonyl (C=O) groups is 1. The molecular formula is C21H18BrN5O2. The Morgan fingerprint density at radius 1 is 1.28 bits per heavy atom. The first-order valence-corrected chi connectivity index (χ1v) is 10.2. The van der Waals surface area contributed by atoms with Crippen LogP contribution in [0.25, 0.3) is 27.7 Å². The molecule has 146 valence electrons. The summed E-state index contributed by atoms with van der Waals surface area (Å²) in [4.78, 5) is 22.9. The van der Waals surface area contributed by atoms with Gasteiger partial charge in [-0.1, -0.05) is 18.2 Å². The van der Waals surface area contributed by atoms with Crippen LogP contribution in [0.4, 0.5) is 5.82 Å². The molecular weight excluding hydrogens is 434 g/mol. The zero-order valence-electron chi connectivity index (χ0n) is 15.7. The Kier molecular flexibility index (Phi) is 4.24. The number of rotatable bonds is 3. The van der Waals surface area contributed by atoms with Crippen LogP contribution in [-0.2, 0) is 4.79 Å². The first-order valence-electron chi connectivity index (χ1n) is 9.39. The number of hydrogen-bond acceptors (Lipinski definition) is 5. The molecule has 0 aliphatic carbocycles. The van der Waals surface area contributed by atoms with Gasteiger partial charge in [-0.25, -0.2) is 9.50 Å². The first-order chi connectivity index (χ1) is 14.0. The van der Waals surface area contributed by atoms with Crippen molar-refractivity contribution in [2.75, 3.05) is 18.0 Å². The highest BCUT2D eigenvalue weighted by Crippen LogP contribution is 2.35. The van der Waals surface area contributed by atoms with Crippen LogP contribution < -0.4 is 4.90 Å². The van der Waals surface area contributed by atoms with E-state index in [1.165, 1.54) is 0 Å². The van der Waals surface area contributed by atoms with Crippen molar-refractivity contribution in [1.82, 2.24) is 19.6 Å². The van der Waals surface area contributed by atoms with E-state index in [4.69, 9.17) is 4.98 Å². The van der Waals surface area contributed by atoms with Crippen LogP contribution in [0.2, 0.25) is 0 Å². The maximum atomic E-state index is 11.4. The van der Waals surface area contributed by atoms with Crippen molar-refractivity contribution in [1.29, 1.82) is 0 Å². The highest BCUT2D eigenvalue weighted by molar-refractivity contribution is 9.10. The van der Waals surface area contributed by atoms with Crippen LogP contribution in [0.1, 0.15) is 12.1 Å². The number of anilines is 1. The van der Waals surface area contributed by atoms with Crippen LogP contribution in [0.15, 0.2) is 47.2 Å². The summed E-state index contributed by atoms with van der Waals surface area (Å²) in [6, 6.07) is 10.1. The number of para-hydroxylation sites is 1. The van der Waals surface area contributed by atoms with Gasteiger partial charge < -0.3 is 10.0 Å². The second-order valence-corrected chi connectivity index (χ2v) is 8.11. The molecule has 1 aliphatic rings. The first kappa shape index (κ1) is 18.1. The number of hydrogen-bond donors (Lipinski definition) is 1. The Bertz CT molecular complexity index is 1270. The lowest BCUT2D eigenvalue weighted by Crippen LogP contribution is -2.24. The molecule has 1 atom stereocenters. The summed E-state index contributed by atoms with van der Waals surface area (Å²) in [7, 11) is 0.